The topological polar surface area (TPSA) is 61.4 Å². The maximum Gasteiger partial charge on any atom is 0.446 e. The van der Waals surface area contributed by atoms with Crippen LogP contribution >= 0.6 is 11.8 Å². The Labute approximate surface area is 151 Å². The quantitative estimate of drug-likeness (QED) is 0.785. The summed E-state index contributed by atoms with van der Waals surface area (Å²) in [5.74, 6) is -0.635. The lowest BCUT2D eigenvalue weighted by Gasteiger charge is -2.15. The average molecular weight is 381 g/mol. The summed E-state index contributed by atoms with van der Waals surface area (Å²) in [5.41, 5.74) is -3.44. The van der Waals surface area contributed by atoms with Crippen molar-refractivity contribution in [2.24, 2.45) is 0 Å². The van der Waals surface area contributed by atoms with Crippen LogP contribution in [0.1, 0.15) is 10.4 Å². The molecule has 9 heteroatoms. The first kappa shape index (κ1) is 18.1. The summed E-state index contributed by atoms with van der Waals surface area (Å²) in [4.78, 5) is 25.4. The minimum atomic E-state index is -4.48. The summed E-state index contributed by atoms with van der Waals surface area (Å²) < 4.78 is 37.9. The van der Waals surface area contributed by atoms with E-state index in [1.165, 1.54) is 24.3 Å². The second-order valence-corrected chi connectivity index (χ2v) is 6.54. The molecule has 2 N–H and O–H groups in total. The van der Waals surface area contributed by atoms with Crippen molar-refractivity contribution >= 4 is 35.1 Å². The highest BCUT2D eigenvalue weighted by Gasteiger charge is 2.31. The number of anilines is 2. The molecule has 0 saturated carbocycles. The minimum absolute atomic E-state index is 0.0576. The molecule has 0 aliphatic carbocycles. The van der Waals surface area contributed by atoms with Crippen molar-refractivity contribution in [2.75, 3.05) is 23.3 Å². The smallest absolute Gasteiger partial charge is 0.336 e. The number of rotatable bonds is 4. The van der Waals surface area contributed by atoms with E-state index in [9.17, 15) is 22.8 Å². The van der Waals surface area contributed by atoms with Crippen molar-refractivity contribution < 1.29 is 22.8 Å². The number of hydrogen-bond donors (Lipinski definition) is 2. The Morgan fingerprint density at radius 1 is 1.12 bits per heavy atom. The van der Waals surface area contributed by atoms with Crippen molar-refractivity contribution in [3.8, 4) is 0 Å². The third kappa shape index (κ3) is 4.29. The van der Waals surface area contributed by atoms with Crippen molar-refractivity contribution in [1.29, 1.82) is 0 Å². The molecule has 3 rings (SSSR count). The fourth-order valence-electron chi connectivity index (χ4n) is 2.51. The second-order valence-electron chi connectivity index (χ2n) is 5.43. The molecule has 2 aromatic carbocycles. The number of nitrogens with zero attached hydrogens (tertiary/aromatic N) is 1. The molecule has 3 amide bonds. The first-order valence-corrected chi connectivity index (χ1v) is 8.47. The Kier molecular flexibility index (Phi) is 5.08. The molecule has 0 unspecified atom stereocenters. The van der Waals surface area contributed by atoms with Crippen LogP contribution in [0.3, 0.4) is 0 Å². The largest absolute Gasteiger partial charge is 0.446 e. The fourth-order valence-corrected chi connectivity index (χ4v) is 3.18. The fraction of sp³-hybridized carbons (Fsp3) is 0.176. The van der Waals surface area contributed by atoms with E-state index < -0.39 is 11.4 Å². The highest BCUT2D eigenvalue weighted by molar-refractivity contribution is 8.00. The molecule has 0 atom stereocenters. The molecule has 0 radical (unpaired) electrons. The van der Waals surface area contributed by atoms with Gasteiger partial charge in [-0.3, -0.25) is 9.69 Å². The number of hydrogen-bond acceptors (Lipinski definition) is 3. The van der Waals surface area contributed by atoms with Gasteiger partial charge in [-0.1, -0.05) is 12.1 Å². The van der Waals surface area contributed by atoms with Crippen LogP contribution in [0.15, 0.2) is 53.4 Å². The van der Waals surface area contributed by atoms with Gasteiger partial charge in [0.1, 0.15) is 0 Å². The Balaban J connectivity index is 1.73. The summed E-state index contributed by atoms with van der Waals surface area (Å²) in [7, 11) is 0. The van der Waals surface area contributed by atoms with E-state index in [1.54, 1.807) is 29.2 Å². The van der Waals surface area contributed by atoms with Crippen molar-refractivity contribution in [2.45, 2.75) is 10.4 Å². The zero-order valence-electron chi connectivity index (χ0n) is 13.3. The molecule has 0 spiro atoms. The van der Waals surface area contributed by atoms with Gasteiger partial charge in [0.2, 0.25) is 0 Å². The third-order valence-corrected chi connectivity index (χ3v) is 4.46. The lowest BCUT2D eigenvalue weighted by atomic mass is 10.2. The van der Waals surface area contributed by atoms with Crippen LogP contribution in [0.4, 0.5) is 29.3 Å². The third-order valence-electron chi connectivity index (χ3n) is 3.65. The molecular weight excluding hydrogens is 367 g/mol. The number of amides is 3. The molecule has 1 aliphatic rings. The Hall–Kier alpha value is -2.68. The van der Waals surface area contributed by atoms with Crippen LogP contribution in [-0.4, -0.2) is 30.5 Å². The Bertz CT molecular complexity index is 825. The van der Waals surface area contributed by atoms with Gasteiger partial charge in [0.25, 0.3) is 5.91 Å². The molecule has 1 fully saturated rings. The summed E-state index contributed by atoms with van der Waals surface area (Å²) >= 11 is -0.326. The molecule has 1 aliphatic heterocycles. The van der Waals surface area contributed by atoms with Crippen LogP contribution in [0.25, 0.3) is 0 Å². The number of benzene rings is 2. The van der Waals surface area contributed by atoms with Gasteiger partial charge in [-0.2, -0.15) is 13.2 Å². The number of halogens is 3. The van der Waals surface area contributed by atoms with E-state index in [2.05, 4.69) is 10.6 Å². The summed E-state index contributed by atoms with van der Waals surface area (Å²) in [6, 6.07) is 11.9. The summed E-state index contributed by atoms with van der Waals surface area (Å²) in [6.45, 7) is 1.11. The normalized spacial score (nSPS) is 14.3. The van der Waals surface area contributed by atoms with Crippen molar-refractivity contribution in [3.05, 3.63) is 54.1 Å². The predicted molar refractivity (Wildman–Crippen MR) is 93.5 cm³/mol. The molecule has 5 nitrogen and oxygen atoms in total. The number of carbonyl (C=O) groups is 2. The molecule has 0 bridgehead atoms. The number of thioether (sulfide) groups is 1. The number of urea groups is 1. The van der Waals surface area contributed by atoms with E-state index in [1.807, 2.05) is 0 Å². The van der Waals surface area contributed by atoms with Crippen LogP contribution < -0.4 is 15.5 Å². The van der Waals surface area contributed by atoms with Crippen LogP contribution in [-0.2, 0) is 0 Å². The molecule has 1 heterocycles. The first-order valence-electron chi connectivity index (χ1n) is 7.65. The monoisotopic (exact) mass is 381 g/mol. The van der Waals surface area contributed by atoms with Crippen LogP contribution in [0.5, 0.6) is 0 Å². The lowest BCUT2D eigenvalue weighted by molar-refractivity contribution is -0.0328. The minimum Gasteiger partial charge on any atom is -0.336 e. The van der Waals surface area contributed by atoms with Gasteiger partial charge < -0.3 is 10.6 Å². The molecule has 0 aromatic heterocycles. The molecular formula is C17H14F3N3O2S. The second kappa shape index (κ2) is 7.28. The van der Waals surface area contributed by atoms with Gasteiger partial charge in [-0.25, -0.2) is 4.79 Å². The van der Waals surface area contributed by atoms with E-state index in [0.717, 1.165) is 0 Å². The van der Waals surface area contributed by atoms with Gasteiger partial charge in [0.05, 0.1) is 5.56 Å². The van der Waals surface area contributed by atoms with Crippen LogP contribution in [0, 0.1) is 0 Å². The van der Waals surface area contributed by atoms with E-state index >= 15 is 0 Å². The van der Waals surface area contributed by atoms with Gasteiger partial charge >= 0.3 is 11.5 Å². The Morgan fingerprint density at radius 3 is 2.42 bits per heavy atom. The molecule has 1 saturated heterocycles. The van der Waals surface area contributed by atoms with Crippen molar-refractivity contribution in [1.82, 2.24) is 5.32 Å². The summed E-state index contributed by atoms with van der Waals surface area (Å²) in [6.07, 6.45) is 0. The van der Waals surface area contributed by atoms with Gasteiger partial charge in [0, 0.05) is 29.4 Å². The lowest BCUT2D eigenvalue weighted by Crippen LogP contribution is -2.27. The SMILES string of the molecule is O=C(Nc1ccc(N2CCNC2=O)cc1)c1ccccc1SC(F)(F)F. The van der Waals surface area contributed by atoms with Gasteiger partial charge in [0.15, 0.2) is 0 Å². The number of carbonyl (C=O) groups excluding carboxylic acids is 2. The van der Waals surface area contributed by atoms with E-state index in [-0.39, 0.29) is 28.3 Å². The average Bonchev–Trinajstić information content (AvgIpc) is 3.00. The standard InChI is InChI=1S/C17H14F3N3O2S/c18-17(19,20)26-14-4-2-1-3-13(14)15(24)22-11-5-7-12(8-6-11)23-10-9-21-16(23)25/h1-8H,9-10H2,(H,21,25)(H,22,24). The van der Waals surface area contributed by atoms with E-state index in [0.29, 0.717) is 24.5 Å². The maximum absolute atomic E-state index is 12.6. The van der Waals surface area contributed by atoms with E-state index in [4.69, 9.17) is 0 Å². The zero-order valence-corrected chi connectivity index (χ0v) is 14.2. The highest BCUT2D eigenvalue weighted by Crippen LogP contribution is 2.38. The van der Waals surface area contributed by atoms with Gasteiger partial charge in [-0.15, -0.1) is 0 Å². The maximum atomic E-state index is 12.6. The summed E-state index contributed by atoms with van der Waals surface area (Å²) in [5, 5.41) is 5.26. The molecule has 2 aromatic rings. The predicted octanol–water partition coefficient (Wildman–Crippen LogP) is 4.08. The molecule has 26 heavy (non-hydrogen) atoms. The Morgan fingerprint density at radius 2 is 1.81 bits per heavy atom. The number of nitrogens with one attached hydrogen (secondary N) is 2. The highest BCUT2D eigenvalue weighted by atomic mass is 32.2. The first-order chi connectivity index (χ1) is 12.3. The van der Waals surface area contributed by atoms with Crippen LogP contribution in [0.2, 0.25) is 0 Å². The van der Waals surface area contributed by atoms with Gasteiger partial charge in [-0.05, 0) is 48.2 Å². The number of alkyl halides is 3. The zero-order chi connectivity index (χ0) is 18.7. The molecule has 136 valence electrons. The van der Waals surface area contributed by atoms with Crippen molar-refractivity contribution in [3.63, 3.8) is 0 Å².